The summed E-state index contributed by atoms with van der Waals surface area (Å²) in [5.74, 6) is 1.33. The highest BCUT2D eigenvalue weighted by Crippen LogP contribution is 2.07. The van der Waals surface area contributed by atoms with Crippen molar-refractivity contribution in [3.8, 4) is 0 Å². The highest BCUT2D eigenvalue weighted by Gasteiger charge is 2.04. The van der Waals surface area contributed by atoms with Gasteiger partial charge in [-0.05, 0) is 26.3 Å². The van der Waals surface area contributed by atoms with Gasteiger partial charge in [0, 0.05) is 26.2 Å². The second-order valence-corrected chi connectivity index (χ2v) is 5.93. The summed E-state index contributed by atoms with van der Waals surface area (Å²) in [5.41, 5.74) is 5.89. The van der Waals surface area contributed by atoms with Gasteiger partial charge in [0.05, 0.1) is 13.2 Å². The van der Waals surface area contributed by atoms with Crippen LogP contribution in [0, 0.1) is 5.92 Å². The van der Waals surface area contributed by atoms with E-state index < -0.39 is 0 Å². The lowest BCUT2D eigenvalue weighted by Gasteiger charge is -2.16. The fourth-order valence-corrected chi connectivity index (χ4v) is 1.90. The Kier molecular flexibility index (Phi) is 11.5. The topological polar surface area (TPSA) is 62.9 Å². The van der Waals surface area contributed by atoms with Crippen molar-refractivity contribution in [1.29, 1.82) is 0 Å². The van der Waals surface area contributed by atoms with Crippen LogP contribution in [0.1, 0.15) is 40.0 Å². The molecule has 120 valence electrons. The number of rotatable bonds is 11. The molecule has 0 aromatic rings. The first-order valence-electron chi connectivity index (χ1n) is 7.69. The standard InChI is InChI=1S/C15H34N4O/c1-13(2)7-6-8-14(3)18-15(16)17-9-10-19(4)11-12-20-5/h13-14H,6-12H2,1-5H3,(H3,16,17,18). The van der Waals surface area contributed by atoms with E-state index in [-0.39, 0.29) is 0 Å². The summed E-state index contributed by atoms with van der Waals surface area (Å²) < 4.78 is 5.03. The van der Waals surface area contributed by atoms with Crippen molar-refractivity contribution >= 4 is 5.96 Å². The van der Waals surface area contributed by atoms with Crippen molar-refractivity contribution in [3.63, 3.8) is 0 Å². The molecule has 0 heterocycles. The lowest BCUT2D eigenvalue weighted by Crippen LogP contribution is -2.39. The molecular weight excluding hydrogens is 252 g/mol. The van der Waals surface area contributed by atoms with Gasteiger partial charge in [-0.2, -0.15) is 0 Å². The predicted octanol–water partition coefficient (Wildman–Crippen LogP) is 1.68. The Bertz CT molecular complexity index is 256. The number of guanidine groups is 1. The molecule has 0 aliphatic rings. The summed E-state index contributed by atoms with van der Waals surface area (Å²) in [6.45, 7) is 9.96. The minimum absolute atomic E-state index is 0.392. The van der Waals surface area contributed by atoms with Crippen LogP contribution in [-0.4, -0.2) is 57.3 Å². The molecule has 0 aromatic carbocycles. The molecule has 0 aliphatic heterocycles. The predicted molar refractivity (Wildman–Crippen MR) is 87.1 cm³/mol. The molecule has 1 unspecified atom stereocenters. The highest BCUT2D eigenvalue weighted by atomic mass is 16.5. The van der Waals surface area contributed by atoms with Crippen molar-refractivity contribution in [3.05, 3.63) is 0 Å². The van der Waals surface area contributed by atoms with Crippen LogP contribution in [-0.2, 0) is 4.74 Å². The molecule has 0 spiro atoms. The molecule has 0 rings (SSSR count). The van der Waals surface area contributed by atoms with E-state index in [0.717, 1.165) is 38.6 Å². The van der Waals surface area contributed by atoms with Crippen LogP contribution in [0.15, 0.2) is 4.99 Å². The number of nitrogens with two attached hydrogens (primary N) is 1. The molecule has 0 radical (unpaired) electrons. The van der Waals surface area contributed by atoms with Crippen molar-refractivity contribution in [1.82, 2.24) is 10.2 Å². The van der Waals surface area contributed by atoms with E-state index in [1.807, 2.05) is 0 Å². The maximum absolute atomic E-state index is 5.89. The first-order chi connectivity index (χ1) is 9.45. The normalized spacial score (nSPS) is 14.1. The van der Waals surface area contributed by atoms with Gasteiger partial charge < -0.3 is 20.7 Å². The van der Waals surface area contributed by atoms with Crippen LogP contribution < -0.4 is 11.1 Å². The van der Waals surface area contributed by atoms with Crippen molar-refractivity contribution in [2.45, 2.75) is 46.1 Å². The third-order valence-electron chi connectivity index (χ3n) is 3.25. The number of nitrogens with zero attached hydrogens (tertiary/aromatic N) is 2. The zero-order valence-electron chi connectivity index (χ0n) is 14.0. The van der Waals surface area contributed by atoms with Crippen LogP contribution in [0.4, 0.5) is 0 Å². The smallest absolute Gasteiger partial charge is 0.188 e. The highest BCUT2D eigenvalue weighted by molar-refractivity contribution is 5.78. The Morgan fingerprint density at radius 3 is 2.55 bits per heavy atom. The van der Waals surface area contributed by atoms with Crippen LogP contribution >= 0.6 is 0 Å². The quantitative estimate of drug-likeness (QED) is 0.448. The lowest BCUT2D eigenvalue weighted by molar-refractivity contribution is 0.163. The van der Waals surface area contributed by atoms with E-state index in [0.29, 0.717) is 12.0 Å². The number of likely N-dealkylation sites (N-methyl/N-ethyl adjacent to an activating group) is 1. The maximum Gasteiger partial charge on any atom is 0.188 e. The van der Waals surface area contributed by atoms with Gasteiger partial charge in [-0.15, -0.1) is 0 Å². The van der Waals surface area contributed by atoms with Crippen molar-refractivity contribution < 1.29 is 4.74 Å². The number of hydrogen-bond acceptors (Lipinski definition) is 3. The first-order valence-corrected chi connectivity index (χ1v) is 7.69. The SMILES string of the molecule is COCCN(C)CCN=C(N)NC(C)CCCC(C)C. The van der Waals surface area contributed by atoms with Gasteiger partial charge in [0.2, 0.25) is 0 Å². The number of nitrogens with one attached hydrogen (secondary N) is 1. The molecule has 1 atom stereocenters. The zero-order valence-corrected chi connectivity index (χ0v) is 14.0. The zero-order chi connectivity index (χ0) is 15.4. The Morgan fingerprint density at radius 2 is 1.95 bits per heavy atom. The molecule has 3 N–H and O–H groups in total. The van der Waals surface area contributed by atoms with E-state index in [2.05, 4.69) is 43.0 Å². The van der Waals surface area contributed by atoms with E-state index in [1.54, 1.807) is 7.11 Å². The summed E-state index contributed by atoms with van der Waals surface area (Å²) in [7, 11) is 3.78. The van der Waals surface area contributed by atoms with Crippen molar-refractivity contribution in [2.24, 2.45) is 16.6 Å². The van der Waals surface area contributed by atoms with Crippen molar-refractivity contribution in [2.75, 3.05) is 40.4 Å². The second kappa shape index (κ2) is 12.0. The van der Waals surface area contributed by atoms with Gasteiger partial charge in [-0.3, -0.25) is 4.99 Å². The number of ether oxygens (including phenoxy) is 1. The summed E-state index contributed by atoms with van der Waals surface area (Å²) >= 11 is 0. The second-order valence-electron chi connectivity index (χ2n) is 5.93. The summed E-state index contributed by atoms with van der Waals surface area (Å²) in [5, 5.41) is 3.26. The molecule has 5 nitrogen and oxygen atoms in total. The third kappa shape index (κ3) is 12.2. The summed E-state index contributed by atoms with van der Waals surface area (Å²) in [6.07, 6.45) is 3.65. The number of hydrogen-bond donors (Lipinski definition) is 2. The van der Waals surface area contributed by atoms with Gasteiger partial charge in [-0.1, -0.05) is 26.7 Å². The average Bonchev–Trinajstić information content (AvgIpc) is 2.35. The molecule has 0 aromatic heterocycles. The lowest BCUT2D eigenvalue weighted by atomic mass is 10.0. The molecule has 0 saturated carbocycles. The summed E-state index contributed by atoms with van der Waals surface area (Å²) in [6, 6.07) is 0.392. The van der Waals surface area contributed by atoms with E-state index in [4.69, 9.17) is 10.5 Å². The average molecular weight is 286 g/mol. The molecular formula is C15H34N4O. The fraction of sp³-hybridized carbons (Fsp3) is 0.933. The van der Waals surface area contributed by atoms with E-state index in [9.17, 15) is 0 Å². The van der Waals surface area contributed by atoms with Gasteiger partial charge in [0.15, 0.2) is 5.96 Å². The number of aliphatic imine (C=N–C) groups is 1. The molecule has 20 heavy (non-hydrogen) atoms. The molecule has 0 fully saturated rings. The monoisotopic (exact) mass is 286 g/mol. The number of methoxy groups -OCH3 is 1. The Labute approximate surface area is 125 Å². The van der Waals surface area contributed by atoms with E-state index in [1.165, 1.54) is 12.8 Å². The van der Waals surface area contributed by atoms with Crippen LogP contribution in [0.25, 0.3) is 0 Å². The fourth-order valence-electron chi connectivity index (χ4n) is 1.90. The van der Waals surface area contributed by atoms with Gasteiger partial charge in [-0.25, -0.2) is 0 Å². The minimum atomic E-state index is 0.392. The third-order valence-corrected chi connectivity index (χ3v) is 3.25. The molecule has 0 amide bonds. The van der Waals surface area contributed by atoms with Gasteiger partial charge >= 0.3 is 0 Å². The molecule has 0 aliphatic carbocycles. The molecule has 0 bridgehead atoms. The van der Waals surface area contributed by atoms with Crippen LogP contribution in [0.2, 0.25) is 0 Å². The van der Waals surface area contributed by atoms with E-state index >= 15 is 0 Å². The van der Waals surface area contributed by atoms with Gasteiger partial charge in [0.25, 0.3) is 0 Å². The Balaban J connectivity index is 3.72. The molecule has 0 saturated heterocycles. The van der Waals surface area contributed by atoms with Crippen LogP contribution in [0.5, 0.6) is 0 Å². The van der Waals surface area contributed by atoms with Crippen LogP contribution in [0.3, 0.4) is 0 Å². The maximum atomic E-state index is 5.89. The first kappa shape index (κ1) is 19.2. The minimum Gasteiger partial charge on any atom is -0.383 e. The van der Waals surface area contributed by atoms with Gasteiger partial charge in [0.1, 0.15) is 0 Å². The largest absolute Gasteiger partial charge is 0.383 e. The Morgan fingerprint density at radius 1 is 1.25 bits per heavy atom. The Hall–Kier alpha value is -0.810. The summed E-state index contributed by atoms with van der Waals surface area (Å²) in [4.78, 5) is 6.54. The molecule has 5 heteroatoms.